The average molecular weight is 222 g/mol. The van der Waals surface area contributed by atoms with Crippen LogP contribution in [-0.4, -0.2) is 14.7 Å². The summed E-state index contributed by atoms with van der Waals surface area (Å²) in [5.41, 5.74) is 0.613. The Morgan fingerprint density at radius 1 is 1.36 bits per heavy atom. The van der Waals surface area contributed by atoms with Crippen molar-refractivity contribution in [2.45, 2.75) is 11.8 Å². The van der Waals surface area contributed by atoms with E-state index in [0.29, 0.717) is 10.6 Å². The first-order chi connectivity index (χ1) is 6.09. The van der Waals surface area contributed by atoms with Gasteiger partial charge < -0.3 is 9.87 Å². The summed E-state index contributed by atoms with van der Waals surface area (Å²) in [4.78, 5) is 10.9. The molecule has 0 bridgehead atoms. The van der Waals surface area contributed by atoms with Crippen LogP contribution >= 0.6 is 0 Å². The largest absolute Gasteiger partial charge is 1.00 e. The summed E-state index contributed by atoms with van der Waals surface area (Å²) in [5.74, 6) is -0.169. The van der Waals surface area contributed by atoms with Gasteiger partial charge in [0.2, 0.25) is 5.91 Å². The Kier molecular flexibility index (Phi) is 6.22. The molecule has 1 unspecified atom stereocenters. The monoisotopic (exact) mass is 222 g/mol. The molecule has 70 valence electrons. The van der Waals surface area contributed by atoms with E-state index in [0.717, 1.165) is 0 Å². The van der Waals surface area contributed by atoms with Crippen LogP contribution in [-0.2, 0) is 15.9 Å². The normalized spacial score (nSPS) is 11.3. The first kappa shape index (κ1) is 13.8. The number of benzene rings is 1. The fourth-order valence-corrected chi connectivity index (χ4v) is 1.23. The van der Waals surface area contributed by atoms with E-state index in [1.165, 1.54) is 19.1 Å². The van der Waals surface area contributed by atoms with E-state index < -0.39 is 11.1 Å². The summed E-state index contributed by atoms with van der Waals surface area (Å²) >= 11 is -1.96. The van der Waals surface area contributed by atoms with Crippen LogP contribution in [0.25, 0.3) is 0 Å². The molecule has 1 aromatic carbocycles. The van der Waals surface area contributed by atoms with Crippen molar-refractivity contribution in [1.82, 2.24) is 0 Å². The van der Waals surface area contributed by atoms with Gasteiger partial charge >= 0.3 is 29.6 Å². The van der Waals surface area contributed by atoms with Crippen molar-refractivity contribution < 1.29 is 43.1 Å². The first-order valence-corrected chi connectivity index (χ1v) is 4.69. The van der Waals surface area contributed by atoms with Gasteiger partial charge in [0.25, 0.3) is 0 Å². The second kappa shape index (κ2) is 6.31. The molecule has 1 amide bonds. The molecule has 14 heavy (non-hydrogen) atoms. The van der Waals surface area contributed by atoms with Crippen LogP contribution in [0.1, 0.15) is 6.92 Å². The van der Waals surface area contributed by atoms with Gasteiger partial charge in [-0.1, -0.05) is 0 Å². The van der Waals surface area contributed by atoms with E-state index in [1.54, 1.807) is 12.1 Å². The van der Waals surface area contributed by atoms with E-state index in [9.17, 15) is 9.00 Å². The van der Waals surface area contributed by atoms with Gasteiger partial charge in [-0.25, -0.2) is 4.21 Å². The third kappa shape index (κ3) is 4.34. The van der Waals surface area contributed by atoms with Gasteiger partial charge in [-0.3, -0.25) is 4.79 Å². The zero-order valence-corrected chi connectivity index (χ0v) is 10.8. The zero-order valence-electron chi connectivity index (χ0n) is 7.98. The number of anilines is 1. The van der Waals surface area contributed by atoms with Crippen molar-refractivity contribution in [1.29, 1.82) is 0 Å². The Bertz CT molecular complexity index is 339. The fraction of sp³-hybridized carbons (Fsp3) is 0.125. The third-order valence-corrected chi connectivity index (χ3v) is 2.05. The standard InChI is InChI=1S/C8H9NO3S.Na/c1-6(10)9-7-2-4-8(5-3-7)13(11)12;/h2-5H,1H3,(H,9,10)(H,11,12);/q;+1. The molecule has 0 fully saturated rings. The Labute approximate surface area is 107 Å². The summed E-state index contributed by atoms with van der Waals surface area (Å²) in [6.45, 7) is 1.40. The summed E-state index contributed by atoms with van der Waals surface area (Å²) in [5, 5.41) is 2.55. The van der Waals surface area contributed by atoms with Gasteiger partial charge in [0.1, 0.15) is 0 Å². The van der Waals surface area contributed by atoms with Crippen LogP contribution in [0.2, 0.25) is 0 Å². The molecule has 0 spiro atoms. The van der Waals surface area contributed by atoms with Gasteiger partial charge in [0.15, 0.2) is 11.1 Å². The van der Waals surface area contributed by atoms with Crippen molar-refractivity contribution >= 4 is 22.7 Å². The predicted octanol–water partition coefficient (Wildman–Crippen LogP) is -1.77. The van der Waals surface area contributed by atoms with Crippen molar-refractivity contribution in [2.75, 3.05) is 5.32 Å². The first-order valence-electron chi connectivity index (χ1n) is 3.58. The Hall–Kier alpha value is -0.200. The molecule has 4 nitrogen and oxygen atoms in total. The van der Waals surface area contributed by atoms with E-state index in [2.05, 4.69) is 5.32 Å². The van der Waals surface area contributed by atoms with Crippen LogP contribution in [0.5, 0.6) is 0 Å². The molecular weight excluding hydrogens is 213 g/mol. The number of carbonyl (C=O) groups excluding carboxylic acids is 1. The molecule has 0 saturated heterocycles. The molecular formula is C8H9NNaO3S+. The number of nitrogens with one attached hydrogen (secondary N) is 1. The zero-order chi connectivity index (χ0) is 9.84. The summed E-state index contributed by atoms with van der Waals surface area (Å²) in [7, 11) is 0. The van der Waals surface area contributed by atoms with Crippen molar-refractivity contribution in [3.63, 3.8) is 0 Å². The van der Waals surface area contributed by atoms with Crippen molar-refractivity contribution in [3.8, 4) is 0 Å². The van der Waals surface area contributed by atoms with Gasteiger partial charge in [-0.2, -0.15) is 0 Å². The average Bonchev–Trinajstić information content (AvgIpc) is 2.04. The molecule has 1 rings (SSSR count). The summed E-state index contributed by atoms with van der Waals surface area (Å²) in [6.07, 6.45) is 0. The number of rotatable bonds is 2. The van der Waals surface area contributed by atoms with Gasteiger partial charge in [0.05, 0.1) is 4.90 Å². The number of hydrogen-bond acceptors (Lipinski definition) is 2. The molecule has 0 aliphatic carbocycles. The molecule has 0 aliphatic heterocycles. The number of amides is 1. The second-order valence-corrected chi connectivity index (χ2v) is 3.42. The van der Waals surface area contributed by atoms with Crippen LogP contribution in [0.4, 0.5) is 5.69 Å². The molecule has 0 heterocycles. The van der Waals surface area contributed by atoms with E-state index >= 15 is 0 Å². The smallest absolute Gasteiger partial charge is 0.326 e. The van der Waals surface area contributed by atoms with Crippen LogP contribution in [0.3, 0.4) is 0 Å². The van der Waals surface area contributed by atoms with Crippen LogP contribution in [0, 0.1) is 0 Å². The Morgan fingerprint density at radius 2 is 1.86 bits per heavy atom. The van der Waals surface area contributed by atoms with E-state index in [1.807, 2.05) is 0 Å². The van der Waals surface area contributed by atoms with Crippen LogP contribution in [0.15, 0.2) is 29.2 Å². The minimum atomic E-state index is -1.96. The van der Waals surface area contributed by atoms with Gasteiger partial charge in [-0.05, 0) is 24.3 Å². The SMILES string of the molecule is CC(=O)Nc1ccc(S(=O)O)cc1.[Na+]. The molecule has 1 atom stereocenters. The Morgan fingerprint density at radius 3 is 2.21 bits per heavy atom. The third-order valence-electron chi connectivity index (χ3n) is 1.38. The summed E-state index contributed by atoms with van der Waals surface area (Å²) < 4.78 is 19.2. The number of hydrogen-bond donors (Lipinski definition) is 2. The maximum atomic E-state index is 10.6. The second-order valence-electron chi connectivity index (χ2n) is 2.45. The predicted molar refractivity (Wildman–Crippen MR) is 49.8 cm³/mol. The molecule has 1 aromatic rings. The van der Waals surface area contributed by atoms with E-state index in [4.69, 9.17) is 4.55 Å². The molecule has 0 saturated carbocycles. The Balaban J connectivity index is 0.00000169. The number of carbonyl (C=O) groups is 1. The van der Waals surface area contributed by atoms with Gasteiger partial charge in [-0.15, -0.1) is 0 Å². The minimum Gasteiger partial charge on any atom is -0.326 e. The maximum Gasteiger partial charge on any atom is 1.00 e. The molecule has 0 aromatic heterocycles. The molecule has 2 N–H and O–H groups in total. The minimum absolute atomic E-state index is 0. The van der Waals surface area contributed by atoms with E-state index in [-0.39, 0.29) is 35.5 Å². The fourth-order valence-electron chi connectivity index (χ4n) is 0.858. The molecule has 0 aliphatic rings. The van der Waals surface area contributed by atoms with Gasteiger partial charge in [0, 0.05) is 12.6 Å². The topological polar surface area (TPSA) is 66.4 Å². The maximum absolute atomic E-state index is 10.6. The van der Waals surface area contributed by atoms with Crippen molar-refractivity contribution in [2.24, 2.45) is 0 Å². The molecule has 0 radical (unpaired) electrons. The molecule has 6 heteroatoms. The quantitative estimate of drug-likeness (QED) is 0.460. The summed E-state index contributed by atoms with van der Waals surface area (Å²) in [6, 6.07) is 6.12. The van der Waals surface area contributed by atoms with Crippen molar-refractivity contribution in [3.05, 3.63) is 24.3 Å². The van der Waals surface area contributed by atoms with Crippen LogP contribution < -0.4 is 34.9 Å².